The van der Waals surface area contributed by atoms with Crippen LogP contribution in [0.5, 0.6) is 0 Å². The molecule has 17 nitrogen and oxygen atoms in total. The zero-order chi connectivity index (χ0) is 76.0. The summed E-state index contributed by atoms with van der Waals surface area (Å²) >= 11 is 0. The Labute approximate surface area is 629 Å². The van der Waals surface area contributed by atoms with Crippen LogP contribution in [0.2, 0.25) is 0 Å². The number of ether oxygens (including phenoxy) is 4. The number of unbranched alkanes of at least 4 members (excludes halogenated alkanes) is 21. The van der Waals surface area contributed by atoms with Gasteiger partial charge in [-0.25, -0.2) is 9.13 Å². The van der Waals surface area contributed by atoms with E-state index in [-0.39, 0.29) is 25.7 Å². The predicted octanol–water partition coefficient (Wildman–Crippen LogP) is 23.2. The fourth-order valence-corrected chi connectivity index (χ4v) is 11.5. The van der Waals surface area contributed by atoms with E-state index in [1.54, 1.807) is 0 Å². The number of phosphoric ester groups is 2. The van der Waals surface area contributed by atoms with Crippen molar-refractivity contribution in [2.75, 3.05) is 39.6 Å². The number of allylic oxidation sites excluding steroid dienone is 26. The van der Waals surface area contributed by atoms with E-state index in [2.05, 4.69) is 186 Å². The minimum Gasteiger partial charge on any atom is -0.462 e. The minimum atomic E-state index is -5.00. The SMILES string of the molecule is CC/C=C\C/C=C\C/C=C\C/C=C\CCCCC(=O)OCC(COP(=O)(O)OCC(O)COP(=O)(O)OCC(COC(=O)CCCCCCCC/C=C\C/C=C\C/C=C\CCCCC)OC(=O)CCCC/C=C\C/C=C\C/C=C\C/C=C\CC)OC(=O)CCCCCCC/C=C\C/C=C\CCCCC. The molecule has 592 valence electrons. The van der Waals surface area contributed by atoms with Gasteiger partial charge in [-0.05, 0) is 173 Å². The van der Waals surface area contributed by atoms with Crippen LogP contribution in [0.3, 0.4) is 0 Å². The van der Waals surface area contributed by atoms with Crippen molar-refractivity contribution in [3.05, 3.63) is 158 Å². The van der Waals surface area contributed by atoms with Gasteiger partial charge in [-0.15, -0.1) is 0 Å². The van der Waals surface area contributed by atoms with Gasteiger partial charge < -0.3 is 33.8 Å². The highest BCUT2D eigenvalue weighted by Crippen LogP contribution is 2.45. The quantitative estimate of drug-likeness (QED) is 0.0169. The summed E-state index contributed by atoms with van der Waals surface area (Å²) in [4.78, 5) is 73.0. The first-order valence-electron chi connectivity index (χ1n) is 39.7. The maximum atomic E-state index is 13.1. The van der Waals surface area contributed by atoms with Gasteiger partial charge in [-0.1, -0.05) is 256 Å². The first-order chi connectivity index (χ1) is 50.7. The number of carbonyl (C=O) groups excluding carboxylic acids is 4. The lowest BCUT2D eigenvalue weighted by atomic mass is 10.1. The number of hydrogen-bond donors (Lipinski definition) is 3. The fraction of sp³-hybridized carbons (Fsp3) is 0.647. The molecule has 104 heavy (non-hydrogen) atoms. The molecule has 0 aromatic heterocycles. The number of esters is 4. The lowest BCUT2D eigenvalue weighted by molar-refractivity contribution is -0.161. The van der Waals surface area contributed by atoms with E-state index in [1.807, 2.05) is 0 Å². The molecule has 0 amide bonds. The lowest BCUT2D eigenvalue weighted by Crippen LogP contribution is -2.30. The molecule has 0 spiro atoms. The molecule has 0 saturated heterocycles. The Bertz CT molecular complexity index is 2590. The zero-order valence-electron chi connectivity index (χ0n) is 64.6. The van der Waals surface area contributed by atoms with Crippen molar-refractivity contribution in [2.45, 2.75) is 316 Å². The van der Waals surface area contributed by atoms with Crippen molar-refractivity contribution in [1.82, 2.24) is 0 Å². The van der Waals surface area contributed by atoms with Gasteiger partial charge >= 0.3 is 39.5 Å². The van der Waals surface area contributed by atoms with E-state index in [9.17, 15) is 43.2 Å². The van der Waals surface area contributed by atoms with E-state index in [0.29, 0.717) is 32.1 Å². The molecule has 0 aliphatic rings. The average Bonchev–Trinajstić information content (AvgIpc) is 0.912. The maximum absolute atomic E-state index is 13.1. The molecule has 0 heterocycles. The van der Waals surface area contributed by atoms with Gasteiger partial charge in [0.25, 0.3) is 0 Å². The smallest absolute Gasteiger partial charge is 0.462 e. The average molecular weight is 1500 g/mol. The van der Waals surface area contributed by atoms with Crippen molar-refractivity contribution >= 4 is 39.5 Å². The number of aliphatic hydroxyl groups is 1. The van der Waals surface area contributed by atoms with E-state index in [4.69, 9.17) is 37.0 Å². The molecule has 5 unspecified atom stereocenters. The summed E-state index contributed by atoms with van der Waals surface area (Å²) in [5.41, 5.74) is 0. The molecule has 0 aliphatic heterocycles. The van der Waals surface area contributed by atoms with Gasteiger partial charge in [0.05, 0.1) is 26.4 Å². The summed E-state index contributed by atoms with van der Waals surface area (Å²) in [7, 11) is -10.0. The monoisotopic (exact) mass is 1490 g/mol. The second-order valence-electron chi connectivity index (χ2n) is 25.9. The number of carbonyl (C=O) groups is 4. The van der Waals surface area contributed by atoms with E-state index in [0.717, 1.165) is 173 Å². The first-order valence-corrected chi connectivity index (χ1v) is 42.7. The first kappa shape index (κ1) is 98.7. The Morgan fingerprint density at radius 2 is 0.500 bits per heavy atom. The fourth-order valence-electron chi connectivity index (χ4n) is 9.94. The van der Waals surface area contributed by atoms with Crippen LogP contribution in [-0.2, 0) is 65.4 Å². The largest absolute Gasteiger partial charge is 0.472 e. The summed E-state index contributed by atoms with van der Waals surface area (Å²) in [6.45, 7) is 4.45. The summed E-state index contributed by atoms with van der Waals surface area (Å²) in [5.74, 6) is -2.31. The summed E-state index contributed by atoms with van der Waals surface area (Å²) < 4.78 is 68.5. The summed E-state index contributed by atoms with van der Waals surface area (Å²) in [6.07, 6.45) is 88.0. The molecular weight excluding hydrogens is 1350 g/mol. The topological polar surface area (TPSA) is 237 Å². The van der Waals surface area contributed by atoms with E-state index >= 15 is 0 Å². The molecule has 5 atom stereocenters. The number of phosphoric acid groups is 2. The van der Waals surface area contributed by atoms with Crippen LogP contribution in [0.15, 0.2) is 158 Å². The Morgan fingerprint density at radius 3 is 0.788 bits per heavy atom. The highest BCUT2D eigenvalue weighted by atomic mass is 31.2. The van der Waals surface area contributed by atoms with Crippen molar-refractivity contribution in [3.8, 4) is 0 Å². The Kier molecular flexibility index (Phi) is 72.0. The Hall–Kier alpha value is -5.32. The molecular formula is C85H140O17P2. The van der Waals surface area contributed by atoms with E-state index < -0.39 is 97.5 Å². The second kappa shape index (κ2) is 75.9. The highest BCUT2D eigenvalue weighted by molar-refractivity contribution is 7.47. The molecule has 0 aliphatic carbocycles. The molecule has 3 N–H and O–H groups in total. The van der Waals surface area contributed by atoms with Crippen LogP contribution in [0, 0.1) is 0 Å². The van der Waals surface area contributed by atoms with Gasteiger partial charge in [0, 0.05) is 25.7 Å². The van der Waals surface area contributed by atoms with Crippen molar-refractivity contribution < 1.29 is 80.2 Å². The third kappa shape index (κ3) is 74.9. The van der Waals surface area contributed by atoms with Crippen molar-refractivity contribution in [2.24, 2.45) is 0 Å². The molecule has 0 radical (unpaired) electrons. The standard InChI is InChI=1S/C85H140O17P2/c1-5-9-13-17-21-25-29-33-37-38-39-40-44-46-50-54-58-62-66-70-83(88)96-76-81(102-85(90)72-68-64-60-56-52-48-43-36-32-28-24-20-16-12-8-4)78-100-104(93,94)98-74-79(86)73-97-103(91,92)99-77-80(101-84(89)71-67-63-59-55-51-47-42-35-31-27-23-19-15-11-7-3)75-95-82(87)69-65-61-57-53-49-45-41-34-30-26-22-18-14-10-6-2/h10,12,14,16,21-28,33-37,39-43,49,52-53,56,79-81,86H,5-9,11,13,15,17-20,29-32,38,44-48,50-51,54-55,57-78H2,1-4H3,(H,91,92)(H,93,94)/b14-10-,16-12-,25-21-,26-22-,27-23-,28-24-,37-33-,40-39-,41-34-,42-35-,43-36-,53-49-,56-52-. The van der Waals surface area contributed by atoms with Crippen molar-refractivity contribution in [1.29, 1.82) is 0 Å². The van der Waals surface area contributed by atoms with Crippen LogP contribution in [0.25, 0.3) is 0 Å². The van der Waals surface area contributed by atoms with Crippen LogP contribution < -0.4 is 0 Å². The van der Waals surface area contributed by atoms with Crippen LogP contribution in [-0.4, -0.2) is 96.7 Å². The maximum Gasteiger partial charge on any atom is 0.472 e. The molecule has 19 heteroatoms. The predicted molar refractivity (Wildman–Crippen MR) is 427 cm³/mol. The van der Waals surface area contributed by atoms with Crippen molar-refractivity contribution in [3.63, 3.8) is 0 Å². The lowest BCUT2D eigenvalue weighted by Gasteiger charge is -2.21. The molecule has 0 aromatic carbocycles. The second-order valence-corrected chi connectivity index (χ2v) is 28.8. The third-order valence-electron chi connectivity index (χ3n) is 16.0. The number of hydrogen-bond acceptors (Lipinski definition) is 15. The molecule has 0 rings (SSSR count). The normalized spacial score (nSPS) is 14.7. The van der Waals surface area contributed by atoms with Crippen LogP contribution in [0.4, 0.5) is 0 Å². The molecule has 0 fully saturated rings. The summed E-state index contributed by atoms with van der Waals surface area (Å²) in [5, 5.41) is 10.6. The van der Waals surface area contributed by atoms with Gasteiger partial charge in [-0.2, -0.15) is 0 Å². The third-order valence-corrected chi connectivity index (χ3v) is 17.9. The van der Waals surface area contributed by atoms with Crippen LogP contribution in [0.1, 0.15) is 297 Å². The van der Waals surface area contributed by atoms with E-state index in [1.165, 1.54) is 38.5 Å². The molecule has 0 saturated carbocycles. The number of aliphatic hydroxyl groups excluding tert-OH is 1. The van der Waals surface area contributed by atoms with Crippen LogP contribution >= 0.6 is 15.6 Å². The Morgan fingerprint density at radius 1 is 0.279 bits per heavy atom. The zero-order valence-corrected chi connectivity index (χ0v) is 66.4. The van der Waals surface area contributed by atoms with Gasteiger partial charge in [-0.3, -0.25) is 37.3 Å². The molecule has 0 bridgehead atoms. The van der Waals surface area contributed by atoms with Gasteiger partial charge in [0.1, 0.15) is 19.3 Å². The number of rotatable bonds is 73. The summed E-state index contributed by atoms with van der Waals surface area (Å²) in [6, 6.07) is 0. The Balaban J connectivity index is 5.46. The van der Waals surface area contributed by atoms with Gasteiger partial charge in [0.15, 0.2) is 12.2 Å². The highest BCUT2D eigenvalue weighted by Gasteiger charge is 2.30. The molecule has 0 aromatic rings. The van der Waals surface area contributed by atoms with Gasteiger partial charge in [0.2, 0.25) is 0 Å². The minimum absolute atomic E-state index is 0.0335.